The molecule has 2 amide bonds. The second-order valence-corrected chi connectivity index (χ2v) is 5.49. The summed E-state index contributed by atoms with van der Waals surface area (Å²) in [5.41, 5.74) is -1.30. The number of hydrogen-bond acceptors (Lipinski definition) is 2. The molecule has 92 valence electrons. The van der Waals surface area contributed by atoms with Crippen LogP contribution in [0.1, 0.15) is 27.2 Å². The van der Waals surface area contributed by atoms with E-state index in [1.807, 2.05) is 20.8 Å². The Kier molecular flexibility index (Phi) is 2.92. The van der Waals surface area contributed by atoms with Gasteiger partial charge >= 0.3 is 6.09 Å². The minimum Gasteiger partial charge on any atom is -0.465 e. The molecule has 0 spiro atoms. The van der Waals surface area contributed by atoms with E-state index in [1.54, 1.807) is 14.1 Å². The molecule has 0 aliphatic carbocycles. The Morgan fingerprint density at radius 1 is 1.31 bits per heavy atom. The smallest absolute Gasteiger partial charge is 0.408 e. The third-order valence-corrected chi connectivity index (χ3v) is 3.39. The zero-order valence-corrected chi connectivity index (χ0v) is 10.6. The van der Waals surface area contributed by atoms with Crippen LogP contribution in [0.15, 0.2) is 0 Å². The Labute approximate surface area is 96.0 Å². The van der Waals surface area contributed by atoms with E-state index < -0.39 is 17.0 Å². The molecule has 0 radical (unpaired) electrons. The van der Waals surface area contributed by atoms with Crippen molar-refractivity contribution in [1.82, 2.24) is 9.80 Å². The van der Waals surface area contributed by atoms with Crippen molar-refractivity contribution in [2.75, 3.05) is 20.6 Å². The number of carbonyl (C=O) groups is 2. The van der Waals surface area contributed by atoms with Crippen molar-refractivity contribution in [2.24, 2.45) is 5.41 Å². The maximum atomic E-state index is 12.2. The van der Waals surface area contributed by atoms with E-state index in [4.69, 9.17) is 5.11 Å². The van der Waals surface area contributed by atoms with Crippen molar-refractivity contribution < 1.29 is 14.7 Å². The number of rotatable bonds is 1. The highest BCUT2D eigenvalue weighted by Crippen LogP contribution is 2.46. The lowest BCUT2D eigenvalue weighted by molar-refractivity contribution is -0.161. The van der Waals surface area contributed by atoms with Crippen LogP contribution < -0.4 is 0 Å². The van der Waals surface area contributed by atoms with Crippen LogP contribution in [0, 0.1) is 5.41 Å². The second-order valence-electron chi connectivity index (χ2n) is 5.49. The number of nitrogens with zero attached hydrogens (tertiary/aromatic N) is 2. The summed E-state index contributed by atoms with van der Waals surface area (Å²) in [6, 6.07) is 0. The molecule has 0 aromatic carbocycles. The van der Waals surface area contributed by atoms with Crippen LogP contribution in [0.5, 0.6) is 0 Å². The molecule has 1 heterocycles. The van der Waals surface area contributed by atoms with E-state index in [-0.39, 0.29) is 5.91 Å². The normalized spacial score (nSPS) is 24.9. The predicted octanol–water partition coefficient (Wildman–Crippen LogP) is 1.24. The van der Waals surface area contributed by atoms with Gasteiger partial charge in [0.1, 0.15) is 5.54 Å². The van der Waals surface area contributed by atoms with Crippen LogP contribution in [-0.2, 0) is 4.79 Å². The van der Waals surface area contributed by atoms with Crippen molar-refractivity contribution in [3.8, 4) is 0 Å². The van der Waals surface area contributed by atoms with Gasteiger partial charge in [-0.2, -0.15) is 0 Å². The Morgan fingerprint density at radius 2 is 1.81 bits per heavy atom. The van der Waals surface area contributed by atoms with Gasteiger partial charge < -0.3 is 10.0 Å². The van der Waals surface area contributed by atoms with Gasteiger partial charge in [0, 0.05) is 20.6 Å². The maximum absolute atomic E-state index is 12.2. The molecule has 0 aromatic rings. The first-order valence-corrected chi connectivity index (χ1v) is 5.37. The van der Waals surface area contributed by atoms with Gasteiger partial charge in [-0.05, 0) is 11.8 Å². The van der Waals surface area contributed by atoms with Gasteiger partial charge in [-0.1, -0.05) is 20.8 Å². The third-order valence-electron chi connectivity index (χ3n) is 3.39. The fourth-order valence-corrected chi connectivity index (χ4v) is 2.40. The summed E-state index contributed by atoms with van der Waals surface area (Å²) in [6.45, 7) is 6.16. The van der Waals surface area contributed by atoms with Crippen LogP contribution in [0.3, 0.4) is 0 Å². The fourth-order valence-electron chi connectivity index (χ4n) is 2.40. The molecule has 1 saturated heterocycles. The topological polar surface area (TPSA) is 60.9 Å². The van der Waals surface area contributed by atoms with Crippen LogP contribution in [0.2, 0.25) is 0 Å². The average Bonchev–Trinajstić information content (AvgIpc) is 1.97. The highest BCUT2D eigenvalue weighted by Gasteiger charge is 2.60. The molecule has 0 saturated carbocycles. The number of likely N-dealkylation sites (N-methyl/N-ethyl adjacent to an activating group) is 1. The molecular weight excluding hydrogens is 208 g/mol. The Morgan fingerprint density at radius 3 is 2.00 bits per heavy atom. The minimum absolute atomic E-state index is 0.131. The van der Waals surface area contributed by atoms with Crippen molar-refractivity contribution >= 4 is 12.0 Å². The molecule has 1 fully saturated rings. The SMILES string of the molecule is CN(C)C(=O)[C@@]1(C(C)(C)C)CCN1C(=O)O. The summed E-state index contributed by atoms with van der Waals surface area (Å²) >= 11 is 0. The maximum Gasteiger partial charge on any atom is 0.408 e. The second kappa shape index (κ2) is 3.64. The highest BCUT2D eigenvalue weighted by atomic mass is 16.4. The minimum atomic E-state index is -1.02. The van der Waals surface area contributed by atoms with E-state index in [9.17, 15) is 9.59 Å². The number of carbonyl (C=O) groups excluding carboxylic acids is 1. The van der Waals surface area contributed by atoms with Crippen molar-refractivity contribution in [3.63, 3.8) is 0 Å². The first-order valence-electron chi connectivity index (χ1n) is 5.37. The van der Waals surface area contributed by atoms with E-state index in [1.165, 1.54) is 9.80 Å². The van der Waals surface area contributed by atoms with Crippen molar-refractivity contribution in [2.45, 2.75) is 32.7 Å². The standard InChI is InChI=1S/C11H20N2O3/c1-10(2,3)11(8(14)12(4)5)6-7-13(11)9(15)16/h6-7H2,1-5H3,(H,15,16)/t11-/m1/s1. The summed E-state index contributed by atoms with van der Waals surface area (Å²) < 4.78 is 0. The molecule has 0 bridgehead atoms. The number of carboxylic acid groups (broad SMARTS) is 1. The lowest BCUT2D eigenvalue weighted by Crippen LogP contribution is -2.74. The van der Waals surface area contributed by atoms with E-state index >= 15 is 0 Å². The molecule has 0 unspecified atom stereocenters. The Balaban J connectivity index is 3.15. The summed E-state index contributed by atoms with van der Waals surface area (Å²) in [4.78, 5) is 26.1. The largest absolute Gasteiger partial charge is 0.465 e. The average molecular weight is 228 g/mol. The Hall–Kier alpha value is -1.26. The van der Waals surface area contributed by atoms with Gasteiger partial charge in [-0.15, -0.1) is 0 Å². The lowest BCUT2D eigenvalue weighted by Gasteiger charge is -2.57. The fraction of sp³-hybridized carbons (Fsp3) is 0.818. The molecule has 0 aromatic heterocycles. The molecular formula is C11H20N2O3. The molecule has 16 heavy (non-hydrogen) atoms. The zero-order chi connectivity index (χ0) is 12.7. The molecule has 1 aliphatic heterocycles. The van der Waals surface area contributed by atoms with Crippen LogP contribution in [0.25, 0.3) is 0 Å². The predicted molar refractivity (Wildman–Crippen MR) is 60.2 cm³/mol. The molecule has 1 atom stereocenters. The van der Waals surface area contributed by atoms with Gasteiger partial charge in [0.15, 0.2) is 0 Å². The summed E-state index contributed by atoms with van der Waals surface area (Å²) in [5.74, 6) is -0.131. The molecule has 1 rings (SSSR count). The quantitative estimate of drug-likeness (QED) is 0.734. The number of likely N-dealkylation sites (tertiary alicyclic amines) is 1. The van der Waals surface area contributed by atoms with Gasteiger partial charge in [-0.3, -0.25) is 9.69 Å². The number of hydrogen-bond donors (Lipinski definition) is 1. The van der Waals surface area contributed by atoms with Crippen molar-refractivity contribution in [1.29, 1.82) is 0 Å². The van der Waals surface area contributed by atoms with E-state index in [0.717, 1.165) is 0 Å². The molecule has 5 nitrogen and oxygen atoms in total. The Bertz CT molecular complexity index is 320. The highest BCUT2D eigenvalue weighted by molar-refractivity contribution is 5.92. The first kappa shape index (κ1) is 12.8. The van der Waals surface area contributed by atoms with Crippen LogP contribution in [0.4, 0.5) is 4.79 Å². The summed E-state index contributed by atoms with van der Waals surface area (Å²) in [5, 5.41) is 9.12. The molecule has 5 heteroatoms. The first-order chi connectivity index (χ1) is 7.14. The van der Waals surface area contributed by atoms with Crippen LogP contribution >= 0.6 is 0 Å². The van der Waals surface area contributed by atoms with Gasteiger partial charge in [0.2, 0.25) is 5.91 Å². The van der Waals surface area contributed by atoms with Crippen molar-refractivity contribution in [3.05, 3.63) is 0 Å². The molecule has 1 aliphatic rings. The summed E-state index contributed by atoms with van der Waals surface area (Å²) in [6.07, 6.45) is -0.420. The van der Waals surface area contributed by atoms with E-state index in [2.05, 4.69) is 0 Å². The molecule has 1 N–H and O–H groups in total. The summed E-state index contributed by atoms with van der Waals surface area (Å²) in [7, 11) is 3.32. The van der Waals surface area contributed by atoms with Gasteiger partial charge in [0.25, 0.3) is 0 Å². The van der Waals surface area contributed by atoms with E-state index in [0.29, 0.717) is 13.0 Å². The monoisotopic (exact) mass is 228 g/mol. The van der Waals surface area contributed by atoms with Gasteiger partial charge in [-0.25, -0.2) is 4.79 Å². The van der Waals surface area contributed by atoms with Gasteiger partial charge in [0.05, 0.1) is 0 Å². The zero-order valence-electron chi connectivity index (χ0n) is 10.6. The number of amides is 2. The van der Waals surface area contributed by atoms with Crippen LogP contribution in [-0.4, -0.2) is 53.1 Å². The third kappa shape index (κ3) is 1.54. The lowest BCUT2D eigenvalue weighted by atomic mass is 9.65.